The second-order valence-corrected chi connectivity index (χ2v) is 5.14. The summed E-state index contributed by atoms with van der Waals surface area (Å²) in [6.45, 7) is 6.32. The molecule has 0 fully saturated rings. The maximum atomic E-state index is 10.9. The molecule has 0 saturated carbocycles. The highest BCUT2D eigenvalue weighted by Crippen LogP contribution is 2.26. The van der Waals surface area contributed by atoms with E-state index in [1.54, 1.807) is 6.08 Å². The summed E-state index contributed by atoms with van der Waals surface area (Å²) in [6.07, 6.45) is 7.42. The monoisotopic (exact) mass is 273 g/mol. The molecule has 0 radical (unpaired) electrons. The Labute approximate surface area is 118 Å². The summed E-state index contributed by atoms with van der Waals surface area (Å²) >= 11 is 0. The van der Waals surface area contributed by atoms with Crippen molar-refractivity contribution in [1.82, 2.24) is 15.0 Å². The van der Waals surface area contributed by atoms with Gasteiger partial charge in [0.1, 0.15) is 12.0 Å². The maximum absolute atomic E-state index is 10.9. The molecule has 0 aliphatic carbocycles. The number of ketones is 1. The lowest BCUT2D eigenvalue weighted by molar-refractivity contribution is -0.112. The lowest BCUT2D eigenvalue weighted by Gasteiger charge is -2.08. The van der Waals surface area contributed by atoms with Crippen LogP contribution in [-0.2, 0) is 11.2 Å². The molecular weight excluding hydrogens is 254 g/mol. The van der Waals surface area contributed by atoms with Gasteiger partial charge < -0.3 is 9.72 Å². The van der Waals surface area contributed by atoms with Gasteiger partial charge >= 0.3 is 0 Å². The number of ether oxygens (including phenoxy) is 1. The maximum Gasteiger partial charge on any atom is 0.226 e. The summed E-state index contributed by atoms with van der Waals surface area (Å²) in [7, 11) is 0. The molecule has 106 valence electrons. The van der Waals surface area contributed by atoms with E-state index in [0.717, 1.165) is 16.6 Å². The van der Waals surface area contributed by atoms with Crippen LogP contribution < -0.4 is 4.74 Å². The normalized spacial score (nSPS) is 11.6. The van der Waals surface area contributed by atoms with Gasteiger partial charge in [0.15, 0.2) is 5.78 Å². The van der Waals surface area contributed by atoms with Gasteiger partial charge in [-0.15, -0.1) is 0 Å². The third-order valence-corrected chi connectivity index (χ3v) is 2.76. The van der Waals surface area contributed by atoms with Gasteiger partial charge in [-0.25, -0.2) is 9.97 Å². The number of aromatic amines is 1. The van der Waals surface area contributed by atoms with Crippen molar-refractivity contribution in [3.63, 3.8) is 0 Å². The molecule has 0 saturated heterocycles. The van der Waals surface area contributed by atoms with Crippen LogP contribution in [0.2, 0.25) is 0 Å². The van der Waals surface area contributed by atoms with E-state index < -0.39 is 0 Å². The summed E-state index contributed by atoms with van der Waals surface area (Å²) in [5.41, 5.74) is 1.78. The third kappa shape index (κ3) is 3.44. The van der Waals surface area contributed by atoms with Crippen molar-refractivity contribution in [2.75, 3.05) is 6.61 Å². The minimum atomic E-state index is 0.0392. The molecule has 0 spiro atoms. The van der Waals surface area contributed by atoms with Gasteiger partial charge in [-0.2, -0.15) is 0 Å². The van der Waals surface area contributed by atoms with Crippen molar-refractivity contribution >= 4 is 16.8 Å². The number of fused-ring (bicyclic) bond motifs is 1. The molecule has 0 unspecified atom stereocenters. The predicted molar refractivity (Wildman–Crippen MR) is 77.7 cm³/mol. The molecule has 0 aliphatic heterocycles. The Balaban J connectivity index is 2.28. The fourth-order valence-corrected chi connectivity index (χ4v) is 1.86. The number of rotatable bonds is 6. The number of hydrogen-bond acceptors (Lipinski definition) is 4. The highest BCUT2D eigenvalue weighted by Gasteiger charge is 2.11. The fourth-order valence-electron chi connectivity index (χ4n) is 1.86. The van der Waals surface area contributed by atoms with Crippen LogP contribution >= 0.6 is 0 Å². The molecular formula is C15H19N3O2. The first-order valence-corrected chi connectivity index (χ1v) is 6.68. The van der Waals surface area contributed by atoms with E-state index in [1.807, 2.05) is 12.3 Å². The van der Waals surface area contributed by atoms with E-state index in [4.69, 9.17) is 4.74 Å². The molecule has 5 heteroatoms. The van der Waals surface area contributed by atoms with Crippen LogP contribution in [-0.4, -0.2) is 27.3 Å². The molecule has 0 amide bonds. The van der Waals surface area contributed by atoms with E-state index in [0.29, 0.717) is 24.8 Å². The second-order valence-electron chi connectivity index (χ2n) is 5.14. The number of H-pyrrole nitrogens is 1. The Bertz CT molecular complexity index is 629. The number of carbonyl (C=O) groups excluding carboxylic acids is 1. The van der Waals surface area contributed by atoms with Gasteiger partial charge in [0, 0.05) is 6.20 Å². The number of allylic oxidation sites excluding steroid dienone is 2. The Morgan fingerprint density at radius 1 is 1.45 bits per heavy atom. The summed E-state index contributed by atoms with van der Waals surface area (Å²) in [5, 5.41) is 0.890. The van der Waals surface area contributed by atoms with Gasteiger partial charge in [0.2, 0.25) is 5.88 Å². The molecule has 2 aromatic heterocycles. The van der Waals surface area contributed by atoms with E-state index in [1.165, 1.54) is 13.3 Å². The molecule has 0 bridgehead atoms. The smallest absolute Gasteiger partial charge is 0.226 e. The molecule has 2 aromatic rings. The minimum absolute atomic E-state index is 0.0392. The van der Waals surface area contributed by atoms with Crippen molar-refractivity contribution < 1.29 is 9.53 Å². The number of nitrogens with one attached hydrogen (secondary N) is 1. The van der Waals surface area contributed by atoms with Crippen LogP contribution in [0.15, 0.2) is 24.7 Å². The first-order chi connectivity index (χ1) is 9.58. The SMILES string of the molecule is CC(=O)/C=C/Cc1c[nH]c2ncnc(OCC(C)C)c12. The average Bonchev–Trinajstić information content (AvgIpc) is 2.80. The first-order valence-electron chi connectivity index (χ1n) is 6.68. The van der Waals surface area contributed by atoms with Crippen LogP contribution in [0.5, 0.6) is 5.88 Å². The largest absolute Gasteiger partial charge is 0.477 e. The van der Waals surface area contributed by atoms with Gasteiger partial charge in [-0.05, 0) is 30.9 Å². The lowest BCUT2D eigenvalue weighted by Crippen LogP contribution is -2.06. The number of aromatic nitrogens is 3. The van der Waals surface area contributed by atoms with Gasteiger partial charge in [0.25, 0.3) is 0 Å². The highest BCUT2D eigenvalue weighted by atomic mass is 16.5. The molecule has 1 N–H and O–H groups in total. The van der Waals surface area contributed by atoms with E-state index in [2.05, 4.69) is 28.8 Å². The summed E-state index contributed by atoms with van der Waals surface area (Å²) in [4.78, 5) is 22.4. The quantitative estimate of drug-likeness (QED) is 0.822. The Kier molecular flexibility index (Phi) is 4.50. The van der Waals surface area contributed by atoms with E-state index >= 15 is 0 Å². The zero-order valence-corrected chi connectivity index (χ0v) is 12.0. The zero-order chi connectivity index (χ0) is 14.5. The Hall–Kier alpha value is -2.17. The summed E-state index contributed by atoms with van der Waals surface area (Å²) in [6, 6.07) is 0. The highest BCUT2D eigenvalue weighted by molar-refractivity contribution is 5.88. The average molecular weight is 273 g/mol. The molecule has 0 atom stereocenters. The van der Waals surface area contributed by atoms with Crippen molar-refractivity contribution in [1.29, 1.82) is 0 Å². The molecule has 20 heavy (non-hydrogen) atoms. The van der Waals surface area contributed by atoms with Crippen molar-refractivity contribution in [2.24, 2.45) is 5.92 Å². The summed E-state index contributed by atoms with van der Waals surface area (Å²) in [5.74, 6) is 1.06. The van der Waals surface area contributed by atoms with Crippen LogP contribution in [0.4, 0.5) is 0 Å². The fraction of sp³-hybridized carbons (Fsp3) is 0.400. The van der Waals surface area contributed by atoms with Gasteiger partial charge in [0.05, 0.1) is 12.0 Å². The van der Waals surface area contributed by atoms with Crippen LogP contribution in [0.3, 0.4) is 0 Å². The third-order valence-electron chi connectivity index (χ3n) is 2.76. The van der Waals surface area contributed by atoms with Crippen molar-refractivity contribution in [2.45, 2.75) is 27.2 Å². The molecule has 2 heterocycles. The Morgan fingerprint density at radius 3 is 2.95 bits per heavy atom. The molecule has 0 aromatic carbocycles. The number of nitrogens with zero attached hydrogens (tertiary/aromatic N) is 2. The van der Waals surface area contributed by atoms with Gasteiger partial charge in [-0.1, -0.05) is 19.9 Å². The summed E-state index contributed by atoms with van der Waals surface area (Å²) < 4.78 is 5.74. The number of carbonyl (C=O) groups is 1. The molecule has 2 rings (SSSR count). The Morgan fingerprint density at radius 2 is 2.25 bits per heavy atom. The predicted octanol–water partition coefficient (Wildman–Crippen LogP) is 2.68. The standard InChI is InChI=1S/C15H19N3O2/c1-10(2)8-20-15-13-12(6-4-5-11(3)19)7-16-14(13)17-9-18-15/h4-5,7,9-10H,6,8H2,1-3H3,(H,16,17,18)/b5-4+. The lowest BCUT2D eigenvalue weighted by atomic mass is 10.1. The molecule has 5 nitrogen and oxygen atoms in total. The van der Waals surface area contributed by atoms with Crippen molar-refractivity contribution in [3.8, 4) is 5.88 Å². The van der Waals surface area contributed by atoms with Crippen LogP contribution in [0.1, 0.15) is 26.3 Å². The first kappa shape index (κ1) is 14.2. The van der Waals surface area contributed by atoms with Gasteiger partial charge in [-0.3, -0.25) is 4.79 Å². The topological polar surface area (TPSA) is 67.9 Å². The van der Waals surface area contributed by atoms with E-state index in [9.17, 15) is 4.79 Å². The van der Waals surface area contributed by atoms with Crippen molar-refractivity contribution in [3.05, 3.63) is 30.2 Å². The minimum Gasteiger partial charge on any atom is -0.477 e. The second kappa shape index (κ2) is 6.32. The van der Waals surface area contributed by atoms with E-state index in [-0.39, 0.29) is 5.78 Å². The van der Waals surface area contributed by atoms with Crippen LogP contribution in [0.25, 0.3) is 11.0 Å². The zero-order valence-electron chi connectivity index (χ0n) is 12.0. The van der Waals surface area contributed by atoms with Crippen LogP contribution in [0, 0.1) is 5.92 Å². The number of hydrogen-bond donors (Lipinski definition) is 1. The molecule has 0 aliphatic rings.